The Morgan fingerprint density at radius 3 is 2.36 bits per heavy atom. The lowest BCUT2D eigenvalue weighted by molar-refractivity contribution is -0.00903. The summed E-state index contributed by atoms with van der Waals surface area (Å²) in [6.45, 7) is 2.19. The maximum Gasteiger partial charge on any atom is 0.240 e. The molecule has 0 radical (unpaired) electrons. The Balaban J connectivity index is 2.00. The van der Waals surface area contributed by atoms with Crippen LogP contribution in [0.25, 0.3) is 0 Å². The maximum atomic E-state index is 12.4. The van der Waals surface area contributed by atoms with Crippen molar-refractivity contribution in [2.75, 3.05) is 0 Å². The molecule has 0 heterocycles. The molecule has 4 N–H and O–H groups in total. The molecule has 0 spiro atoms. The quantitative estimate of drug-likeness (QED) is 0.744. The first kappa shape index (κ1) is 17.4. The largest absolute Gasteiger partial charge is 0.390 e. The number of hydrogen-bond donors (Lipinski definition) is 3. The first-order valence-corrected chi connectivity index (χ1v) is 9.37. The van der Waals surface area contributed by atoms with Crippen LogP contribution in [-0.2, 0) is 16.6 Å². The normalized spacial score (nSPS) is 19.8. The molecule has 6 heteroatoms. The Labute approximate surface area is 133 Å². The van der Waals surface area contributed by atoms with Gasteiger partial charge in [-0.05, 0) is 43.9 Å². The monoisotopic (exact) mass is 326 g/mol. The van der Waals surface area contributed by atoms with Crippen LogP contribution in [0.4, 0.5) is 0 Å². The van der Waals surface area contributed by atoms with Gasteiger partial charge < -0.3 is 10.8 Å². The molecule has 5 nitrogen and oxygen atoms in total. The van der Waals surface area contributed by atoms with E-state index in [0.717, 1.165) is 37.7 Å². The van der Waals surface area contributed by atoms with Crippen molar-refractivity contribution in [3.05, 3.63) is 29.8 Å². The van der Waals surface area contributed by atoms with Gasteiger partial charge in [0.25, 0.3) is 0 Å². The van der Waals surface area contributed by atoms with Gasteiger partial charge in [-0.25, -0.2) is 13.1 Å². The molecule has 0 saturated heterocycles. The highest BCUT2D eigenvalue weighted by Gasteiger charge is 2.32. The van der Waals surface area contributed by atoms with Crippen LogP contribution in [0.2, 0.25) is 0 Å². The van der Waals surface area contributed by atoms with Gasteiger partial charge in [-0.15, -0.1) is 0 Å². The first-order chi connectivity index (χ1) is 10.3. The smallest absolute Gasteiger partial charge is 0.240 e. The van der Waals surface area contributed by atoms with Crippen molar-refractivity contribution < 1.29 is 13.5 Å². The van der Waals surface area contributed by atoms with Crippen LogP contribution in [0.1, 0.15) is 51.0 Å². The van der Waals surface area contributed by atoms with Gasteiger partial charge in [0, 0.05) is 12.6 Å². The van der Waals surface area contributed by atoms with Gasteiger partial charge >= 0.3 is 0 Å². The van der Waals surface area contributed by atoms with E-state index >= 15 is 0 Å². The van der Waals surface area contributed by atoms with Crippen molar-refractivity contribution in [1.29, 1.82) is 0 Å². The zero-order valence-electron chi connectivity index (χ0n) is 13.1. The van der Waals surface area contributed by atoms with Crippen LogP contribution < -0.4 is 10.5 Å². The van der Waals surface area contributed by atoms with Gasteiger partial charge in [-0.1, -0.05) is 31.4 Å². The van der Waals surface area contributed by atoms with E-state index in [0.29, 0.717) is 13.0 Å². The molecule has 22 heavy (non-hydrogen) atoms. The van der Waals surface area contributed by atoms with Crippen LogP contribution >= 0.6 is 0 Å². The molecule has 1 saturated carbocycles. The number of nitrogens with two attached hydrogens (primary N) is 1. The maximum absolute atomic E-state index is 12.4. The molecule has 0 bridgehead atoms. The van der Waals surface area contributed by atoms with Crippen molar-refractivity contribution in [2.45, 2.75) is 68.5 Å². The van der Waals surface area contributed by atoms with E-state index in [1.165, 1.54) is 0 Å². The molecule has 0 aromatic heterocycles. The highest BCUT2D eigenvalue weighted by Crippen LogP contribution is 2.32. The Hall–Kier alpha value is -0.950. The summed E-state index contributed by atoms with van der Waals surface area (Å²) >= 11 is 0. The van der Waals surface area contributed by atoms with Gasteiger partial charge in [0.1, 0.15) is 0 Å². The van der Waals surface area contributed by atoms with Gasteiger partial charge in [-0.2, -0.15) is 0 Å². The van der Waals surface area contributed by atoms with Crippen LogP contribution in [0.15, 0.2) is 29.2 Å². The molecule has 1 unspecified atom stereocenters. The van der Waals surface area contributed by atoms with Crippen LogP contribution in [-0.4, -0.2) is 25.2 Å². The van der Waals surface area contributed by atoms with Crippen molar-refractivity contribution in [3.63, 3.8) is 0 Å². The third-order valence-corrected chi connectivity index (χ3v) is 5.90. The third-order valence-electron chi connectivity index (χ3n) is 4.30. The van der Waals surface area contributed by atoms with Crippen LogP contribution in [0, 0.1) is 0 Å². The molecular weight excluding hydrogens is 300 g/mol. The fraction of sp³-hybridized carbons (Fsp3) is 0.625. The molecule has 1 atom stereocenters. The standard InChI is InChI=1S/C16H26N2O3S/c1-13(11-16(19)9-3-2-4-10-16)18-22(20,21)15-7-5-14(12-17)6-8-15/h5-8,13,18-19H,2-4,9-12,17H2,1H3. The van der Waals surface area contributed by atoms with Gasteiger partial charge in [0.2, 0.25) is 10.0 Å². The number of sulfonamides is 1. The topological polar surface area (TPSA) is 92.4 Å². The molecule has 124 valence electrons. The summed E-state index contributed by atoms with van der Waals surface area (Å²) in [4.78, 5) is 0.229. The summed E-state index contributed by atoms with van der Waals surface area (Å²) in [6, 6.07) is 6.25. The number of nitrogens with one attached hydrogen (secondary N) is 1. The molecule has 1 aliphatic carbocycles. The lowest BCUT2D eigenvalue weighted by Crippen LogP contribution is -2.41. The molecule has 0 amide bonds. The minimum absolute atomic E-state index is 0.229. The number of rotatable bonds is 6. The van der Waals surface area contributed by atoms with E-state index in [2.05, 4.69) is 4.72 Å². The Kier molecular flexibility index (Phi) is 5.60. The molecule has 1 aromatic rings. The number of aliphatic hydroxyl groups is 1. The minimum Gasteiger partial charge on any atom is -0.390 e. The molecule has 0 aliphatic heterocycles. The zero-order chi connectivity index (χ0) is 16.2. The van der Waals surface area contributed by atoms with E-state index in [9.17, 15) is 13.5 Å². The molecular formula is C16H26N2O3S. The predicted octanol–water partition coefficient (Wildman–Crippen LogP) is 1.90. The highest BCUT2D eigenvalue weighted by molar-refractivity contribution is 7.89. The summed E-state index contributed by atoms with van der Waals surface area (Å²) in [7, 11) is -3.56. The lowest BCUT2D eigenvalue weighted by atomic mass is 9.81. The third kappa shape index (κ3) is 4.52. The van der Waals surface area contributed by atoms with Gasteiger partial charge in [0.05, 0.1) is 10.5 Å². The zero-order valence-corrected chi connectivity index (χ0v) is 13.9. The second-order valence-corrected chi connectivity index (χ2v) is 8.07. The average Bonchev–Trinajstić information content (AvgIpc) is 2.46. The highest BCUT2D eigenvalue weighted by atomic mass is 32.2. The van der Waals surface area contributed by atoms with E-state index in [1.807, 2.05) is 0 Å². The molecule has 2 rings (SSSR count). The number of benzene rings is 1. The van der Waals surface area contributed by atoms with Crippen LogP contribution in [0.3, 0.4) is 0 Å². The Morgan fingerprint density at radius 1 is 1.23 bits per heavy atom. The lowest BCUT2D eigenvalue weighted by Gasteiger charge is -2.34. The fourth-order valence-electron chi connectivity index (χ4n) is 3.16. The van der Waals surface area contributed by atoms with E-state index in [-0.39, 0.29) is 10.9 Å². The Morgan fingerprint density at radius 2 is 1.82 bits per heavy atom. The van der Waals surface area contributed by atoms with Crippen LogP contribution in [0.5, 0.6) is 0 Å². The van der Waals surface area contributed by atoms with Crippen molar-refractivity contribution in [2.24, 2.45) is 5.73 Å². The summed E-state index contributed by atoms with van der Waals surface area (Å²) in [6.07, 6.45) is 5.13. The number of hydrogen-bond acceptors (Lipinski definition) is 4. The molecule has 1 aromatic carbocycles. The minimum atomic E-state index is -3.56. The van der Waals surface area contributed by atoms with E-state index in [1.54, 1.807) is 31.2 Å². The predicted molar refractivity (Wildman–Crippen MR) is 86.8 cm³/mol. The van der Waals surface area contributed by atoms with Gasteiger partial charge in [0.15, 0.2) is 0 Å². The summed E-state index contributed by atoms with van der Waals surface area (Å²) in [5.74, 6) is 0. The second kappa shape index (κ2) is 7.08. The van der Waals surface area contributed by atoms with Crippen molar-refractivity contribution in [1.82, 2.24) is 4.72 Å². The SMILES string of the molecule is CC(CC1(O)CCCCC1)NS(=O)(=O)c1ccc(CN)cc1. The second-order valence-electron chi connectivity index (χ2n) is 6.36. The first-order valence-electron chi connectivity index (χ1n) is 7.88. The van der Waals surface area contributed by atoms with E-state index < -0.39 is 15.6 Å². The fourth-order valence-corrected chi connectivity index (χ4v) is 4.41. The summed E-state index contributed by atoms with van der Waals surface area (Å²) < 4.78 is 27.4. The van der Waals surface area contributed by atoms with Gasteiger partial charge in [-0.3, -0.25) is 0 Å². The summed E-state index contributed by atoms with van der Waals surface area (Å²) in [5.41, 5.74) is 5.68. The van der Waals surface area contributed by atoms with E-state index in [4.69, 9.17) is 5.73 Å². The van der Waals surface area contributed by atoms with Crippen molar-refractivity contribution in [3.8, 4) is 0 Å². The summed E-state index contributed by atoms with van der Waals surface area (Å²) in [5, 5.41) is 10.5. The molecule has 1 fully saturated rings. The molecule has 1 aliphatic rings. The van der Waals surface area contributed by atoms with Crippen molar-refractivity contribution >= 4 is 10.0 Å². The Bertz CT molecular complexity index is 578. The average molecular weight is 326 g/mol.